The molecule has 1 amide bonds. The first-order chi connectivity index (χ1) is 18.7. The fourth-order valence-corrected chi connectivity index (χ4v) is 5.55. The van der Waals surface area contributed by atoms with E-state index in [2.05, 4.69) is 16.0 Å². The largest absolute Gasteiger partial charge is 0.508 e. The number of esters is 1. The van der Waals surface area contributed by atoms with Gasteiger partial charge in [-0.15, -0.1) is 6.42 Å². The van der Waals surface area contributed by atoms with Crippen molar-refractivity contribution < 1.29 is 47.3 Å². The molecule has 0 radical (unpaired) electrons. The van der Waals surface area contributed by atoms with Crippen LogP contribution in [0.3, 0.4) is 0 Å². The van der Waals surface area contributed by atoms with Crippen LogP contribution in [0.2, 0.25) is 0 Å². The number of methoxy groups -OCH3 is 2. The van der Waals surface area contributed by atoms with Crippen LogP contribution in [0.4, 0.5) is 0 Å². The van der Waals surface area contributed by atoms with Gasteiger partial charge in [-0.3, -0.25) is 9.32 Å². The molecule has 2 aliphatic heterocycles. The number of terminal acetylenes is 1. The summed E-state index contributed by atoms with van der Waals surface area (Å²) in [5, 5.41) is 12.8. The van der Waals surface area contributed by atoms with E-state index in [4.69, 9.17) is 34.4 Å². The molecule has 6 atom stereocenters. The molecule has 2 heterocycles. The molecule has 1 aromatic carbocycles. The van der Waals surface area contributed by atoms with Crippen LogP contribution in [-0.2, 0) is 37.6 Å². The van der Waals surface area contributed by atoms with Crippen molar-refractivity contribution in [3.05, 3.63) is 42.6 Å². The van der Waals surface area contributed by atoms with E-state index < -0.39 is 56.6 Å². The van der Waals surface area contributed by atoms with Crippen LogP contribution < -0.4 is 9.84 Å². The number of nitrogens with one attached hydrogen (secondary N) is 1. The highest BCUT2D eigenvalue weighted by Crippen LogP contribution is 2.51. The molecule has 1 aromatic rings. The van der Waals surface area contributed by atoms with E-state index >= 15 is 0 Å². The van der Waals surface area contributed by atoms with Gasteiger partial charge in [0.1, 0.15) is 23.7 Å². The van der Waals surface area contributed by atoms with Crippen molar-refractivity contribution in [2.24, 2.45) is 4.76 Å². The summed E-state index contributed by atoms with van der Waals surface area (Å²) >= 11 is 0. The first-order valence-corrected chi connectivity index (χ1v) is 13.6. The lowest BCUT2D eigenvalue weighted by Gasteiger charge is -2.41. The molecular formula is C25H32N3O10P. The van der Waals surface area contributed by atoms with Crippen LogP contribution in [0.5, 0.6) is 5.75 Å². The lowest BCUT2D eigenvalue weighted by atomic mass is 9.93. The predicted octanol–water partition coefficient (Wildman–Crippen LogP) is 1.58. The SMILES string of the molecule is C#CC1(OCC)C(OC)C(COP(=O)(N=C(CC)C(=O)OC)Oc2ccccc2)OC1N1C=CC(=O)NC1O. The van der Waals surface area contributed by atoms with E-state index in [9.17, 15) is 19.3 Å². The van der Waals surface area contributed by atoms with Gasteiger partial charge in [0.05, 0.1) is 13.7 Å². The molecule has 212 valence electrons. The van der Waals surface area contributed by atoms with Gasteiger partial charge in [-0.2, -0.15) is 4.76 Å². The maximum atomic E-state index is 13.8. The molecule has 1 saturated heterocycles. The van der Waals surface area contributed by atoms with E-state index in [1.54, 1.807) is 44.2 Å². The number of amides is 1. The van der Waals surface area contributed by atoms with Gasteiger partial charge in [-0.25, -0.2) is 9.36 Å². The number of para-hydroxylation sites is 1. The second kappa shape index (κ2) is 13.2. The molecule has 0 aromatic heterocycles. The number of nitrogens with zero attached hydrogens (tertiary/aromatic N) is 2. The van der Waals surface area contributed by atoms with Crippen molar-refractivity contribution in [3.63, 3.8) is 0 Å². The molecule has 39 heavy (non-hydrogen) atoms. The third-order valence-corrected chi connectivity index (χ3v) is 7.28. The van der Waals surface area contributed by atoms with E-state index in [1.165, 1.54) is 31.4 Å². The minimum absolute atomic E-state index is 0.0936. The number of carbonyl (C=O) groups excluding carboxylic acids is 2. The summed E-state index contributed by atoms with van der Waals surface area (Å²) in [6.07, 6.45) is 3.85. The Morgan fingerprint density at radius 1 is 1.31 bits per heavy atom. The van der Waals surface area contributed by atoms with Crippen molar-refractivity contribution in [2.75, 3.05) is 27.4 Å². The van der Waals surface area contributed by atoms with Crippen LogP contribution in [0.25, 0.3) is 0 Å². The fraction of sp³-hybridized carbons (Fsp3) is 0.480. The third kappa shape index (κ3) is 6.67. The summed E-state index contributed by atoms with van der Waals surface area (Å²) in [5.41, 5.74) is -1.74. The molecule has 2 N–H and O–H groups in total. The standard InChI is InChI=1S/C25H32N3O10P/c1-6-18(22(30)34-5)27-39(32,38-17-12-10-9-11-13-17)36-16-19-21(33-4)25(7-2,35-8-3)23(37-19)28-15-14-20(29)26-24(28)31/h2,9-15,19,21,23-24,31H,6,8,16H2,1,3-5H3,(H,26,29). The maximum Gasteiger partial charge on any atom is 0.508 e. The highest BCUT2D eigenvalue weighted by atomic mass is 31.2. The number of hydrogen-bond donors (Lipinski definition) is 2. The van der Waals surface area contributed by atoms with Crippen LogP contribution in [0, 0.1) is 12.3 Å². The molecule has 14 heteroatoms. The highest BCUT2D eigenvalue weighted by molar-refractivity contribution is 7.53. The molecule has 3 rings (SSSR count). The number of carbonyl (C=O) groups is 2. The normalized spacial score (nSPS) is 28.4. The van der Waals surface area contributed by atoms with Crippen molar-refractivity contribution in [1.82, 2.24) is 10.2 Å². The minimum Gasteiger partial charge on any atom is -0.465 e. The van der Waals surface area contributed by atoms with Gasteiger partial charge in [0.15, 0.2) is 6.23 Å². The number of aliphatic hydroxyl groups excluding tert-OH is 1. The lowest BCUT2D eigenvalue weighted by Crippen LogP contribution is -2.61. The van der Waals surface area contributed by atoms with Gasteiger partial charge < -0.3 is 38.8 Å². The Bertz CT molecular complexity index is 1170. The van der Waals surface area contributed by atoms with Crippen molar-refractivity contribution in [3.8, 4) is 18.1 Å². The number of benzene rings is 1. The summed E-state index contributed by atoms with van der Waals surface area (Å²) in [5.74, 6) is 1.45. The average molecular weight is 566 g/mol. The fourth-order valence-electron chi connectivity index (χ4n) is 4.16. The number of rotatable bonds is 12. The van der Waals surface area contributed by atoms with E-state index in [-0.39, 0.29) is 24.5 Å². The summed E-state index contributed by atoms with van der Waals surface area (Å²) in [4.78, 5) is 25.1. The van der Waals surface area contributed by atoms with Gasteiger partial charge in [0.25, 0.3) is 0 Å². The molecule has 0 saturated carbocycles. The Balaban J connectivity index is 1.96. The number of hydrogen-bond acceptors (Lipinski definition) is 11. The first-order valence-electron chi connectivity index (χ1n) is 12.1. The first kappa shape index (κ1) is 30.3. The monoisotopic (exact) mass is 565 g/mol. The van der Waals surface area contributed by atoms with Crippen molar-refractivity contribution in [1.29, 1.82) is 0 Å². The Morgan fingerprint density at radius 3 is 2.59 bits per heavy atom. The number of aliphatic hydroxyl groups is 1. The Labute approximate surface area is 226 Å². The third-order valence-electron chi connectivity index (χ3n) is 5.88. The molecule has 0 aliphatic carbocycles. The Kier molecular flexibility index (Phi) is 10.3. The Hall–Kier alpha value is -3.24. The summed E-state index contributed by atoms with van der Waals surface area (Å²) in [6.45, 7) is 3.06. The second-order valence-corrected chi connectivity index (χ2v) is 9.84. The predicted molar refractivity (Wildman–Crippen MR) is 138 cm³/mol. The van der Waals surface area contributed by atoms with Crippen molar-refractivity contribution in [2.45, 2.75) is 50.7 Å². The highest BCUT2D eigenvalue weighted by Gasteiger charge is 2.61. The lowest BCUT2D eigenvalue weighted by molar-refractivity contribution is -0.177. The molecule has 0 spiro atoms. The quantitative estimate of drug-likeness (QED) is 0.164. The van der Waals surface area contributed by atoms with Gasteiger partial charge >= 0.3 is 13.7 Å². The van der Waals surface area contributed by atoms with Gasteiger partial charge in [-0.1, -0.05) is 31.0 Å². The van der Waals surface area contributed by atoms with Gasteiger partial charge in [-0.05, 0) is 25.5 Å². The van der Waals surface area contributed by atoms with Crippen molar-refractivity contribution >= 4 is 25.3 Å². The Morgan fingerprint density at radius 2 is 2.03 bits per heavy atom. The minimum atomic E-state index is -4.38. The summed E-state index contributed by atoms with van der Waals surface area (Å²) in [6, 6.07) is 8.16. The maximum absolute atomic E-state index is 13.8. The summed E-state index contributed by atoms with van der Waals surface area (Å²) in [7, 11) is -1.83. The van der Waals surface area contributed by atoms with Crippen LogP contribution in [0.1, 0.15) is 20.3 Å². The molecule has 6 unspecified atom stereocenters. The summed E-state index contributed by atoms with van der Waals surface area (Å²) < 4.78 is 51.6. The van der Waals surface area contributed by atoms with Gasteiger partial charge in [0, 0.05) is 26.0 Å². The van der Waals surface area contributed by atoms with Crippen LogP contribution in [-0.4, -0.2) is 85.4 Å². The molecule has 13 nitrogen and oxygen atoms in total. The van der Waals surface area contributed by atoms with Gasteiger partial charge in [0.2, 0.25) is 17.9 Å². The molecule has 1 fully saturated rings. The van der Waals surface area contributed by atoms with E-state index in [0.717, 1.165) is 0 Å². The number of ether oxygens (including phenoxy) is 4. The molecule has 2 aliphatic rings. The topological polar surface area (TPSA) is 154 Å². The smallest absolute Gasteiger partial charge is 0.465 e. The van der Waals surface area contributed by atoms with E-state index in [1.807, 2.05) is 0 Å². The van der Waals surface area contributed by atoms with Crippen LogP contribution >= 0.6 is 7.75 Å². The zero-order valence-electron chi connectivity index (χ0n) is 22.0. The van der Waals surface area contributed by atoms with Crippen LogP contribution in [0.15, 0.2) is 47.4 Å². The zero-order valence-corrected chi connectivity index (χ0v) is 22.9. The molecule has 0 bridgehead atoms. The second-order valence-electron chi connectivity index (χ2n) is 8.26. The average Bonchev–Trinajstić information content (AvgIpc) is 3.24. The zero-order chi connectivity index (χ0) is 28.6. The molecular weight excluding hydrogens is 533 g/mol. The van der Waals surface area contributed by atoms with E-state index in [0.29, 0.717) is 0 Å².